The summed E-state index contributed by atoms with van der Waals surface area (Å²) in [6, 6.07) is 14.4. The summed E-state index contributed by atoms with van der Waals surface area (Å²) in [5.41, 5.74) is 2.01. The molecule has 0 spiro atoms. The molecule has 0 bridgehead atoms. The van der Waals surface area contributed by atoms with Gasteiger partial charge in [0.1, 0.15) is 0 Å². The average molecular weight is 419 g/mol. The zero-order valence-corrected chi connectivity index (χ0v) is 17.3. The minimum absolute atomic E-state index is 0.238. The van der Waals surface area contributed by atoms with E-state index in [-0.39, 0.29) is 10.8 Å². The zero-order chi connectivity index (χ0) is 19.9. The molecule has 0 radical (unpaired) electrons. The summed E-state index contributed by atoms with van der Waals surface area (Å²) in [5.74, 6) is -0.251. The second kappa shape index (κ2) is 7.08. The third-order valence-corrected chi connectivity index (χ3v) is 8.42. The first-order chi connectivity index (χ1) is 13.3. The minimum atomic E-state index is -3.69. The molecule has 5 nitrogen and oxygen atoms in total. The van der Waals surface area contributed by atoms with E-state index < -0.39 is 14.6 Å². The van der Waals surface area contributed by atoms with Crippen molar-refractivity contribution < 1.29 is 13.2 Å². The van der Waals surface area contributed by atoms with E-state index in [1.165, 1.54) is 0 Å². The monoisotopic (exact) mass is 418 g/mol. The molecule has 0 atom stereocenters. The van der Waals surface area contributed by atoms with Gasteiger partial charge in [0.05, 0.1) is 4.90 Å². The fourth-order valence-electron chi connectivity index (χ4n) is 3.78. The van der Waals surface area contributed by atoms with E-state index >= 15 is 0 Å². The van der Waals surface area contributed by atoms with E-state index in [9.17, 15) is 13.2 Å². The van der Waals surface area contributed by atoms with E-state index in [4.69, 9.17) is 11.6 Å². The highest BCUT2D eigenvalue weighted by Crippen LogP contribution is 2.48. The van der Waals surface area contributed by atoms with Gasteiger partial charge in [-0.15, -0.1) is 0 Å². The summed E-state index contributed by atoms with van der Waals surface area (Å²) in [4.78, 5) is 17.3. The van der Waals surface area contributed by atoms with Crippen LogP contribution < -0.4 is 4.90 Å². The number of anilines is 1. The van der Waals surface area contributed by atoms with Gasteiger partial charge in [0, 0.05) is 36.9 Å². The van der Waals surface area contributed by atoms with Gasteiger partial charge in [0.2, 0.25) is 5.91 Å². The van der Waals surface area contributed by atoms with E-state index in [0.29, 0.717) is 44.0 Å². The Morgan fingerprint density at radius 1 is 1.00 bits per heavy atom. The number of sulfone groups is 1. The molecule has 0 N–H and O–H groups in total. The number of piperazine rings is 1. The number of aryl methyl sites for hydroxylation is 1. The Kier molecular flexibility index (Phi) is 4.88. The molecular weight excluding hydrogens is 396 g/mol. The van der Waals surface area contributed by atoms with E-state index in [1.54, 1.807) is 29.2 Å². The zero-order valence-electron chi connectivity index (χ0n) is 15.8. The number of amides is 1. The molecule has 7 heteroatoms. The summed E-state index contributed by atoms with van der Waals surface area (Å²) < 4.78 is 25.0. The van der Waals surface area contributed by atoms with Crippen LogP contribution >= 0.6 is 11.6 Å². The van der Waals surface area contributed by atoms with Crippen molar-refractivity contribution in [3.8, 4) is 0 Å². The molecule has 1 aliphatic carbocycles. The van der Waals surface area contributed by atoms with E-state index in [0.717, 1.165) is 11.3 Å². The van der Waals surface area contributed by atoms with Crippen molar-refractivity contribution >= 4 is 33.0 Å². The highest BCUT2D eigenvalue weighted by atomic mass is 35.5. The lowest BCUT2D eigenvalue weighted by Crippen LogP contribution is -2.53. The van der Waals surface area contributed by atoms with Crippen LogP contribution in [-0.4, -0.2) is 50.2 Å². The fraction of sp³-hybridized carbons (Fsp3) is 0.381. The van der Waals surface area contributed by atoms with Gasteiger partial charge in [-0.25, -0.2) is 8.42 Å². The second-order valence-corrected chi connectivity index (χ2v) is 10.3. The smallest absolute Gasteiger partial charge is 0.244 e. The van der Waals surface area contributed by atoms with Crippen molar-refractivity contribution in [1.29, 1.82) is 0 Å². The molecule has 1 aliphatic heterocycles. The van der Waals surface area contributed by atoms with Crippen LogP contribution in [0.3, 0.4) is 0 Å². The Labute approximate surface area is 170 Å². The molecule has 1 heterocycles. The summed E-state index contributed by atoms with van der Waals surface area (Å²) in [7, 11) is -3.69. The highest BCUT2D eigenvalue weighted by Gasteiger charge is 2.62. The normalized spacial score (nSPS) is 18.8. The van der Waals surface area contributed by atoms with Gasteiger partial charge in [-0.2, -0.15) is 0 Å². The highest BCUT2D eigenvalue weighted by molar-refractivity contribution is 7.94. The molecular formula is C21H23ClN2O3S. The Hall–Kier alpha value is -2.05. The van der Waals surface area contributed by atoms with Gasteiger partial charge in [-0.3, -0.25) is 4.79 Å². The predicted octanol–water partition coefficient (Wildman–Crippen LogP) is 3.30. The largest absolute Gasteiger partial charge is 0.368 e. The quantitative estimate of drug-likeness (QED) is 0.764. The first kappa shape index (κ1) is 19.3. The molecule has 0 unspecified atom stereocenters. The molecule has 1 saturated heterocycles. The van der Waals surface area contributed by atoms with Gasteiger partial charge < -0.3 is 9.80 Å². The van der Waals surface area contributed by atoms with Gasteiger partial charge in [-0.05, 0) is 50.1 Å². The maximum absolute atomic E-state index is 13.2. The van der Waals surface area contributed by atoms with Crippen molar-refractivity contribution in [1.82, 2.24) is 4.90 Å². The van der Waals surface area contributed by atoms with Crippen LogP contribution in [0.25, 0.3) is 0 Å². The van der Waals surface area contributed by atoms with Crippen LogP contribution in [0.1, 0.15) is 18.4 Å². The van der Waals surface area contributed by atoms with Gasteiger partial charge in [0.25, 0.3) is 0 Å². The van der Waals surface area contributed by atoms with Crippen LogP contribution in [0.15, 0.2) is 53.4 Å². The van der Waals surface area contributed by atoms with Crippen molar-refractivity contribution in [2.75, 3.05) is 31.1 Å². The topological polar surface area (TPSA) is 57.7 Å². The number of carbonyl (C=O) groups is 1. The predicted molar refractivity (Wildman–Crippen MR) is 111 cm³/mol. The Bertz CT molecular complexity index is 993. The standard InChI is InChI=1S/C21H23ClN2O3S/c1-16-5-7-19(8-6-16)28(26,27)21(9-10-21)20(25)24-13-11-23(12-14-24)18-4-2-3-17(22)15-18/h2-8,15H,9-14H2,1H3. The number of hydrogen-bond donors (Lipinski definition) is 0. The van der Waals surface area contributed by atoms with Gasteiger partial charge in [0.15, 0.2) is 14.6 Å². The van der Waals surface area contributed by atoms with Crippen LogP contribution in [0, 0.1) is 6.92 Å². The third-order valence-electron chi connectivity index (χ3n) is 5.68. The number of hydrogen-bond acceptors (Lipinski definition) is 4. The average Bonchev–Trinajstić information content (AvgIpc) is 3.50. The Morgan fingerprint density at radius 2 is 1.64 bits per heavy atom. The summed E-state index contributed by atoms with van der Waals surface area (Å²) in [6.45, 7) is 4.25. The SMILES string of the molecule is Cc1ccc(S(=O)(=O)C2(C(=O)N3CCN(c4cccc(Cl)c4)CC3)CC2)cc1. The van der Waals surface area contributed by atoms with Gasteiger partial charge >= 0.3 is 0 Å². The van der Waals surface area contributed by atoms with Crippen LogP contribution in [0.5, 0.6) is 0 Å². The molecule has 2 aliphatic rings. The molecule has 2 fully saturated rings. The van der Waals surface area contributed by atoms with E-state index in [1.807, 2.05) is 31.2 Å². The lowest BCUT2D eigenvalue weighted by atomic mass is 10.2. The number of nitrogens with zero attached hydrogens (tertiary/aromatic N) is 2. The molecule has 1 amide bonds. The van der Waals surface area contributed by atoms with Crippen LogP contribution in [0.2, 0.25) is 5.02 Å². The fourth-order valence-corrected chi connectivity index (χ4v) is 5.91. The first-order valence-electron chi connectivity index (χ1n) is 9.45. The lowest BCUT2D eigenvalue weighted by molar-refractivity contribution is -0.131. The third kappa shape index (κ3) is 3.29. The van der Waals surface area contributed by atoms with Crippen molar-refractivity contribution in [3.05, 3.63) is 59.1 Å². The van der Waals surface area contributed by atoms with Gasteiger partial charge in [-0.1, -0.05) is 35.4 Å². The molecule has 2 aromatic carbocycles. The van der Waals surface area contributed by atoms with Crippen molar-refractivity contribution in [2.24, 2.45) is 0 Å². The number of carbonyl (C=O) groups excluding carboxylic acids is 1. The second-order valence-electron chi connectivity index (χ2n) is 7.57. The Morgan fingerprint density at radius 3 is 2.21 bits per heavy atom. The van der Waals surface area contributed by atoms with E-state index in [2.05, 4.69) is 4.90 Å². The minimum Gasteiger partial charge on any atom is -0.368 e. The maximum atomic E-state index is 13.2. The van der Waals surface area contributed by atoms with Crippen molar-refractivity contribution in [3.63, 3.8) is 0 Å². The Balaban J connectivity index is 1.48. The number of rotatable bonds is 4. The summed E-state index contributed by atoms with van der Waals surface area (Å²) in [6.07, 6.45) is 0.799. The molecule has 1 saturated carbocycles. The first-order valence-corrected chi connectivity index (χ1v) is 11.3. The molecule has 4 rings (SSSR count). The molecule has 28 heavy (non-hydrogen) atoms. The number of benzene rings is 2. The lowest BCUT2D eigenvalue weighted by Gasteiger charge is -2.37. The number of halogens is 1. The molecule has 2 aromatic rings. The van der Waals surface area contributed by atoms with Crippen LogP contribution in [0.4, 0.5) is 5.69 Å². The van der Waals surface area contributed by atoms with Crippen LogP contribution in [-0.2, 0) is 14.6 Å². The molecule has 0 aromatic heterocycles. The molecule has 148 valence electrons. The summed E-state index contributed by atoms with van der Waals surface area (Å²) >= 11 is 6.07. The maximum Gasteiger partial charge on any atom is 0.244 e. The summed E-state index contributed by atoms with van der Waals surface area (Å²) in [5, 5.41) is 0.678. The van der Waals surface area contributed by atoms with Crippen molar-refractivity contribution in [2.45, 2.75) is 29.4 Å².